The maximum Gasteiger partial charge on any atom is 0.164 e. The van der Waals surface area contributed by atoms with E-state index in [1.54, 1.807) is 0 Å². The van der Waals surface area contributed by atoms with Crippen LogP contribution in [-0.2, 0) is 0 Å². The lowest BCUT2D eigenvalue weighted by Crippen LogP contribution is -2.01. The minimum atomic E-state index is 0.581. The van der Waals surface area contributed by atoms with E-state index in [2.05, 4.69) is 200 Å². The number of hydrogen-bond acceptors (Lipinski definition) is 4. The van der Waals surface area contributed by atoms with Gasteiger partial charge in [0.25, 0.3) is 0 Å². The van der Waals surface area contributed by atoms with Crippen LogP contribution in [0.4, 0.5) is 0 Å². The molecular weight excluding hydrogens is 743 g/mol. The Bertz CT molecular complexity index is 3650. The van der Waals surface area contributed by atoms with Crippen molar-refractivity contribution in [2.24, 2.45) is 0 Å². The van der Waals surface area contributed by atoms with E-state index in [0.29, 0.717) is 17.5 Å². The summed E-state index contributed by atoms with van der Waals surface area (Å²) in [6.45, 7) is 0. The van der Waals surface area contributed by atoms with Crippen molar-refractivity contribution in [1.82, 2.24) is 15.0 Å². The minimum absolute atomic E-state index is 0.581. The van der Waals surface area contributed by atoms with Gasteiger partial charge >= 0.3 is 0 Å². The molecule has 0 saturated carbocycles. The van der Waals surface area contributed by atoms with Crippen LogP contribution in [0.3, 0.4) is 0 Å². The van der Waals surface area contributed by atoms with Crippen molar-refractivity contribution in [3.05, 3.63) is 212 Å². The van der Waals surface area contributed by atoms with Crippen LogP contribution in [0, 0.1) is 0 Å². The van der Waals surface area contributed by atoms with Crippen molar-refractivity contribution in [1.29, 1.82) is 0 Å². The second-order valence-corrected chi connectivity index (χ2v) is 15.6. The normalized spacial score (nSPS) is 11.6. The summed E-state index contributed by atoms with van der Waals surface area (Å²) in [5.41, 5.74) is 11.1. The van der Waals surface area contributed by atoms with Gasteiger partial charge in [-0.1, -0.05) is 170 Å². The second kappa shape index (κ2) is 14.3. The zero-order chi connectivity index (χ0) is 40.3. The molecule has 10 aromatic carbocycles. The molecular formula is C57H35N3O. The van der Waals surface area contributed by atoms with E-state index in [1.165, 1.54) is 32.7 Å². The highest BCUT2D eigenvalue weighted by Crippen LogP contribution is 2.41. The summed E-state index contributed by atoms with van der Waals surface area (Å²) in [5, 5.41) is 9.06. The standard InChI is InChI=1S/C57H35N3O/c1-2-10-36(11-3-1)45-27-21-40-22-28-46(33-48(40)32-45)49-34-51(54-50-16-8-9-17-52(50)61-53(54)35-49)57-59-55(58-56(60-57)47-29-23-38-13-5-7-15-43(38)31-47)41-24-18-39(19-25-41)44-26-20-37-12-4-6-14-42(37)30-44/h1-35H. The molecule has 2 aromatic heterocycles. The summed E-state index contributed by atoms with van der Waals surface area (Å²) in [6, 6.07) is 74.8. The van der Waals surface area contributed by atoms with E-state index in [0.717, 1.165) is 71.7 Å². The molecule has 4 nitrogen and oxygen atoms in total. The molecule has 4 heteroatoms. The Morgan fingerprint density at radius 2 is 0.721 bits per heavy atom. The number of benzene rings is 10. The number of hydrogen-bond donors (Lipinski definition) is 0. The molecule has 12 rings (SSSR count). The van der Waals surface area contributed by atoms with Crippen LogP contribution < -0.4 is 0 Å². The number of rotatable bonds is 6. The molecule has 0 bridgehead atoms. The molecule has 0 aliphatic rings. The molecule has 61 heavy (non-hydrogen) atoms. The Labute approximate surface area is 352 Å². The van der Waals surface area contributed by atoms with Gasteiger partial charge in [0.05, 0.1) is 0 Å². The maximum absolute atomic E-state index is 6.63. The average Bonchev–Trinajstić information content (AvgIpc) is 3.72. The highest BCUT2D eigenvalue weighted by atomic mass is 16.3. The molecule has 0 saturated heterocycles. The van der Waals surface area contributed by atoms with Crippen LogP contribution in [-0.4, -0.2) is 15.0 Å². The third-order valence-electron chi connectivity index (χ3n) is 11.9. The number of nitrogens with zero attached hydrogens (tertiary/aromatic N) is 3. The molecule has 0 N–H and O–H groups in total. The first-order valence-corrected chi connectivity index (χ1v) is 20.6. The Morgan fingerprint density at radius 1 is 0.262 bits per heavy atom. The maximum atomic E-state index is 6.63. The highest BCUT2D eigenvalue weighted by Gasteiger charge is 2.20. The predicted octanol–water partition coefficient (Wildman–Crippen LogP) is 15.2. The minimum Gasteiger partial charge on any atom is -0.456 e. The van der Waals surface area contributed by atoms with E-state index >= 15 is 0 Å². The fraction of sp³-hybridized carbons (Fsp3) is 0. The fourth-order valence-electron chi connectivity index (χ4n) is 8.70. The Kier molecular flexibility index (Phi) is 8.13. The van der Waals surface area contributed by atoms with E-state index in [-0.39, 0.29) is 0 Å². The van der Waals surface area contributed by atoms with Gasteiger partial charge in [-0.05, 0) is 108 Å². The van der Waals surface area contributed by atoms with Crippen molar-refractivity contribution in [2.45, 2.75) is 0 Å². The molecule has 2 heterocycles. The molecule has 0 fully saturated rings. The van der Waals surface area contributed by atoms with Crippen LogP contribution in [0.1, 0.15) is 0 Å². The summed E-state index contributed by atoms with van der Waals surface area (Å²) in [5.74, 6) is 1.79. The number of furan rings is 1. The largest absolute Gasteiger partial charge is 0.456 e. The van der Waals surface area contributed by atoms with Gasteiger partial charge in [0.2, 0.25) is 0 Å². The third kappa shape index (κ3) is 6.30. The van der Waals surface area contributed by atoms with Crippen molar-refractivity contribution >= 4 is 54.3 Å². The average molecular weight is 778 g/mol. The Morgan fingerprint density at radius 3 is 1.41 bits per heavy atom. The summed E-state index contributed by atoms with van der Waals surface area (Å²) < 4.78 is 6.63. The molecule has 0 aliphatic heterocycles. The van der Waals surface area contributed by atoms with Gasteiger partial charge in [-0.3, -0.25) is 0 Å². The predicted molar refractivity (Wildman–Crippen MR) is 252 cm³/mol. The monoisotopic (exact) mass is 777 g/mol. The van der Waals surface area contributed by atoms with E-state index in [1.807, 2.05) is 12.1 Å². The second-order valence-electron chi connectivity index (χ2n) is 15.6. The van der Waals surface area contributed by atoms with Crippen molar-refractivity contribution < 1.29 is 4.42 Å². The SMILES string of the molecule is c1ccc(-c2ccc3ccc(-c4cc(-c5nc(-c6ccc(-c7ccc8ccccc8c7)cc6)nc(-c6ccc7ccccc7c6)n5)c5c(c4)oc4ccccc45)cc3c2)cc1. The number of para-hydroxylation sites is 1. The lowest BCUT2D eigenvalue weighted by Gasteiger charge is -2.12. The molecule has 12 aromatic rings. The van der Waals surface area contributed by atoms with Crippen LogP contribution in [0.2, 0.25) is 0 Å². The van der Waals surface area contributed by atoms with Gasteiger partial charge in [-0.15, -0.1) is 0 Å². The summed E-state index contributed by atoms with van der Waals surface area (Å²) in [4.78, 5) is 15.8. The molecule has 0 unspecified atom stereocenters. The van der Waals surface area contributed by atoms with Gasteiger partial charge in [-0.25, -0.2) is 15.0 Å². The van der Waals surface area contributed by atoms with Crippen LogP contribution in [0.15, 0.2) is 217 Å². The lowest BCUT2D eigenvalue weighted by molar-refractivity contribution is 0.669. The van der Waals surface area contributed by atoms with Crippen LogP contribution >= 0.6 is 0 Å². The van der Waals surface area contributed by atoms with Gasteiger partial charge in [0, 0.05) is 27.5 Å². The molecule has 0 spiro atoms. The molecule has 0 atom stereocenters. The van der Waals surface area contributed by atoms with E-state index < -0.39 is 0 Å². The molecule has 0 amide bonds. The lowest BCUT2D eigenvalue weighted by atomic mass is 9.95. The van der Waals surface area contributed by atoms with Gasteiger partial charge < -0.3 is 4.42 Å². The zero-order valence-corrected chi connectivity index (χ0v) is 33.0. The van der Waals surface area contributed by atoms with Crippen LogP contribution in [0.25, 0.3) is 122 Å². The molecule has 0 aliphatic carbocycles. The topological polar surface area (TPSA) is 51.8 Å². The van der Waals surface area contributed by atoms with Crippen molar-refractivity contribution in [3.8, 4) is 67.5 Å². The van der Waals surface area contributed by atoms with E-state index in [4.69, 9.17) is 19.4 Å². The summed E-state index contributed by atoms with van der Waals surface area (Å²) >= 11 is 0. The number of fused-ring (bicyclic) bond motifs is 6. The summed E-state index contributed by atoms with van der Waals surface area (Å²) in [6.07, 6.45) is 0. The Balaban J connectivity index is 1.05. The van der Waals surface area contributed by atoms with Gasteiger partial charge in [0.15, 0.2) is 17.5 Å². The van der Waals surface area contributed by atoms with Crippen molar-refractivity contribution in [3.63, 3.8) is 0 Å². The van der Waals surface area contributed by atoms with Gasteiger partial charge in [-0.2, -0.15) is 0 Å². The fourth-order valence-corrected chi connectivity index (χ4v) is 8.70. The quantitative estimate of drug-likeness (QED) is 0.169. The van der Waals surface area contributed by atoms with Crippen molar-refractivity contribution in [2.75, 3.05) is 0 Å². The smallest absolute Gasteiger partial charge is 0.164 e. The van der Waals surface area contributed by atoms with Gasteiger partial charge in [0.1, 0.15) is 11.2 Å². The van der Waals surface area contributed by atoms with Crippen LogP contribution in [0.5, 0.6) is 0 Å². The summed E-state index contributed by atoms with van der Waals surface area (Å²) in [7, 11) is 0. The number of aromatic nitrogens is 3. The third-order valence-corrected chi connectivity index (χ3v) is 11.9. The molecule has 0 radical (unpaired) electrons. The first-order chi connectivity index (χ1) is 30.2. The first-order valence-electron chi connectivity index (χ1n) is 20.6. The zero-order valence-electron chi connectivity index (χ0n) is 33.0. The van der Waals surface area contributed by atoms with E-state index in [9.17, 15) is 0 Å². The Hall–Kier alpha value is -8.21. The highest BCUT2D eigenvalue weighted by molar-refractivity contribution is 6.13. The first kappa shape index (κ1) is 34.8. The molecule has 284 valence electrons.